The number of aromatic nitrogens is 2. The van der Waals surface area contributed by atoms with E-state index >= 15 is 0 Å². The number of nitrogens with two attached hydrogens (primary N) is 1. The molecule has 8 nitrogen and oxygen atoms in total. The molecule has 0 aliphatic rings. The van der Waals surface area contributed by atoms with Crippen molar-refractivity contribution < 1.29 is 14.1 Å². The number of nitrogen functional groups attached to an aromatic ring is 1. The van der Waals surface area contributed by atoms with Crippen molar-refractivity contribution in [2.75, 3.05) is 12.8 Å². The van der Waals surface area contributed by atoms with Gasteiger partial charge in [0.05, 0.1) is 12.0 Å². The van der Waals surface area contributed by atoms with Crippen LogP contribution < -0.4 is 10.5 Å². The Morgan fingerprint density at radius 1 is 1.47 bits per heavy atom. The highest BCUT2D eigenvalue weighted by molar-refractivity contribution is 5.62. The lowest BCUT2D eigenvalue weighted by molar-refractivity contribution is -0.385. The van der Waals surface area contributed by atoms with Crippen LogP contribution in [0.25, 0.3) is 11.5 Å². The summed E-state index contributed by atoms with van der Waals surface area (Å²) >= 11 is 0. The maximum absolute atomic E-state index is 10.8. The third-order valence-electron chi connectivity index (χ3n) is 2.06. The molecule has 0 aliphatic carbocycles. The topological polar surface area (TPSA) is 117 Å². The van der Waals surface area contributed by atoms with Crippen molar-refractivity contribution in [1.82, 2.24) is 10.2 Å². The van der Waals surface area contributed by atoms with Gasteiger partial charge >= 0.3 is 11.7 Å². The minimum Gasteiger partial charge on any atom is -0.490 e. The Hall–Kier alpha value is -2.64. The standard InChI is InChI=1S/C9H8N4O4/c1-16-7-3-2-5(4-6(7)13(14)15)8-11-12-9(10)17-8/h2-4H,1H3,(H2,10,12). The zero-order valence-electron chi connectivity index (χ0n) is 8.78. The number of nitrogens with zero attached hydrogens (tertiary/aromatic N) is 3. The average molecular weight is 236 g/mol. The van der Waals surface area contributed by atoms with Crippen LogP contribution in [0.1, 0.15) is 0 Å². The molecule has 2 N–H and O–H groups in total. The van der Waals surface area contributed by atoms with Crippen LogP contribution in [-0.2, 0) is 0 Å². The Morgan fingerprint density at radius 3 is 2.76 bits per heavy atom. The van der Waals surface area contributed by atoms with E-state index in [-0.39, 0.29) is 23.3 Å². The minimum absolute atomic E-state index is 0.0986. The Bertz CT molecular complexity index is 566. The van der Waals surface area contributed by atoms with Crippen molar-refractivity contribution in [3.8, 4) is 17.2 Å². The lowest BCUT2D eigenvalue weighted by atomic mass is 10.2. The fraction of sp³-hybridized carbons (Fsp3) is 0.111. The first-order valence-corrected chi connectivity index (χ1v) is 4.53. The van der Waals surface area contributed by atoms with Gasteiger partial charge in [0, 0.05) is 11.6 Å². The van der Waals surface area contributed by atoms with Crippen LogP contribution in [0, 0.1) is 10.1 Å². The van der Waals surface area contributed by atoms with E-state index in [0.717, 1.165) is 0 Å². The second kappa shape index (κ2) is 4.08. The molecule has 1 aromatic carbocycles. The summed E-state index contributed by atoms with van der Waals surface area (Å²) in [5.41, 5.74) is 5.50. The van der Waals surface area contributed by atoms with Crippen LogP contribution in [-0.4, -0.2) is 22.2 Å². The summed E-state index contributed by atoms with van der Waals surface area (Å²) in [5.74, 6) is 0.277. The number of nitro groups is 1. The highest BCUT2D eigenvalue weighted by Crippen LogP contribution is 2.31. The lowest BCUT2D eigenvalue weighted by Crippen LogP contribution is -1.94. The number of hydrogen-bond acceptors (Lipinski definition) is 7. The van der Waals surface area contributed by atoms with Crippen LogP contribution in [0.3, 0.4) is 0 Å². The zero-order valence-corrected chi connectivity index (χ0v) is 8.78. The molecule has 0 radical (unpaired) electrons. The van der Waals surface area contributed by atoms with Gasteiger partial charge in [-0.15, -0.1) is 5.10 Å². The molecular weight excluding hydrogens is 228 g/mol. The van der Waals surface area contributed by atoms with E-state index in [9.17, 15) is 10.1 Å². The quantitative estimate of drug-likeness (QED) is 0.628. The first kappa shape index (κ1) is 10.9. The third kappa shape index (κ3) is 2.00. The van der Waals surface area contributed by atoms with Crippen molar-refractivity contribution in [2.45, 2.75) is 0 Å². The van der Waals surface area contributed by atoms with Gasteiger partial charge in [0.25, 0.3) is 0 Å². The van der Waals surface area contributed by atoms with Gasteiger partial charge in [0.15, 0.2) is 5.75 Å². The lowest BCUT2D eigenvalue weighted by Gasteiger charge is -2.01. The summed E-state index contributed by atoms with van der Waals surface area (Å²) in [5, 5.41) is 17.9. The predicted octanol–water partition coefficient (Wildman–Crippen LogP) is 1.24. The highest BCUT2D eigenvalue weighted by Gasteiger charge is 2.17. The molecular formula is C9H8N4O4. The van der Waals surface area contributed by atoms with E-state index < -0.39 is 4.92 Å². The van der Waals surface area contributed by atoms with Crippen LogP contribution in [0.15, 0.2) is 22.6 Å². The van der Waals surface area contributed by atoms with Gasteiger partial charge in [-0.3, -0.25) is 10.1 Å². The van der Waals surface area contributed by atoms with E-state index in [1.807, 2.05) is 0 Å². The Balaban J connectivity index is 2.50. The van der Waals surface area contributed by atoms with Crippen LogP contribution in [0.5, 0.6) is 5.75 Å². The molecule has 17 heavy (non-hydrogen) atoms. The zero-order chi connectivity index (χ0) is 12.4. The van der Waals surface area contributed by atoms with Gasteiger partial charge < -0.3 is 14.9 Å². The van der Waals surface area contributed by atoms with Gasteiger partial charge in [-0.25, -0.2) is 0 Å². The van der Waals surface area contributed by atoms with Gasteiger partial charge in [0.2, 0.25) is 5.89 Å². The molecule has 0 aliphatic heterocycles. The first-order valence-electron chi connectivity index (χ1n) is 4.53. The van der Waals surface area contributed by atoms with E-state index in [0.29, 0.717) is 5.56 Å². The molecule has 0 saturated heterocycles. The summed E-state index contributed by atoms with van der Waals surface area (Å²) in [6, 6.07) is 4.21. The monoisotopic (exact) mass is 236 g/mol. The van der Waals surface area contributed by atoms with E-state index in [1.54, 1.807) is 6.07 Å². The maximum Gasteiger partial charge on any atom is 0.313 e. The number of anilines is 1. The van der Waals surface area contributed by atoms with E-state index in [1.165, 1.54) is 19.2 Å². The Morgan fingerprint density at radius 2 is 2.24 bits per heavy atom. The SMILES string of the molecule is COc1ccc(-c2nnc(N)o2)cc1[N+](=O)[O-]. The van der Waals surface area contributed by atoms with E-state index in [4.69, 9.17) is 14.9 Å². The number of ether oxygens (including phenoxy) is 1. The fourth-order valence-corrected chi connectivity index (χ4v) is 1.32. The molecule has 88 valence electrons. The molecule has 0 atom stereocenters. The summed E-state index contributed by atoms with van der Waals surface area (Å²) < 4.78 is 9.84. The average Bonchev–Trinajstić information content (AvgIpc) is 2.75. The highest BCUT2D eigenvalue weighted by atomic mass is 16.6. The van der Waals surface area contributed by atoms with Gasteiger partial charge in [-0.05, 0) is 12.1 Å². The fourth-order valence-electron chi connectivity index (χ4n) is 1.32. The summed E-state index contributed by atoms with van der Waals surface area (Å²) in [4.78, 5) is 10.3. The summed E-state index contributed by atoms with van der Waals surface area (Å²) in [7, 11) is 1.35. The molecule has 0 spiro atoms. The van der Waals surface area contributed by atoms with Crippen molar-refractivity contribution in [3.63, 3.8) is 0 Å². The van der Waals surface area contributed by atoms with Gasteiger partial charge in [-0.1, -0.05) is 5.10 Å². The minimum atomic E-state index is -0.554. The van der Waals surface area contributed by atoms with Crippen molar-refractivity contribution in [3.05, 3.63) is 28.3 Å². The predicted molar refractivity (Wildman–Crippen MR) is 57.4 cm³/mol. The largest absolute Gasteiger partial charge is 0.490 e. The van der Waals surface area contributed by atoms with Gasteiger partial charge in [0.1, 0.15) is 0 Å². The number of nitro benzene ring substituents is 1. The molecule has 1 aromatic heterocycles. The molecule has 2 rings (SSSR count). The normalized spacial score (nSPS) is 10.2. The van der Waals surface area contributed by atoms with Crippen molar-refractivity contribution in [2.24, 2.45) is 0 Å². The number of hydrogen-bond donors (Lipinski definition) is 1. The second-order valence-corrected chi connectivity index (χ2v) is 3.09. The maximum atomic E-state index is 10.8. The molecule has 0 fully saturated rings. The molecule has 0 bridgehead atoms. The smallest absolute Gasteiger partial charge is 0.313 e. The molecule has 0 amide bonds. The van der Waals surface area contributed by atoms with Crippen LogP contribution in [0.2, 0.25) is 0 Å². The molecule has 1 heterocycles. The number of rotatable bonds is 3. The number of methoxy groups -OCH3 is 1. The molecule has 0 unspecified atom stereocenters. The second-order valence-electron chi connectivity index (χ2n) is 3.09. The van der Waals surface area contributed by atoms with Crippen molar-refractivity contribution in [1.29, 1.82) is 0 Å². The Kier molecular flexibility index (Phi) is 2.61. The van der Waals surface area contributed by atoms with Crippen LogP contribution in [0.4, 0.5) is 11.7 Å². The van der Waals surface area contributed by atoms with E-state index in [2.05, 4.69) is 10.2 Å². The first-order chi connectivity index (χ1) is 8.11. The summed E-state index contributed by atoms with van der Waals surface area (Å²) in [6.45, 7) is 0. The Labute approximate surface area is 95.2 Å². The molecule has 8 heteroatoms. The third-order valence-corrected chi connectivity index (χ3v) is 2.06. The summed E-state index contributed by atoms with van der Waals surface area (Å²) in [6.07, 6.45) is 0. The van der Waals surface area contributed by atoms with Gasteiger partial charge in [-0.2, -0.15) is 0 Å². The van der Waals surface area contributed by atoms with Crippen LogP contribution >= 0.6 is 0 Å². The molecule has 2 aromatic rings. The van der Waals surface area contributed by atoms with Crippen molar-refractivity contribution >= 4 is 11.7 Å². The number of benzene rings is 1. The molecule has 0 saturated carbocycles.